The number of halogens is 1. The molecule has 6 heteroatoms. The fourth-order valence-electron chi connectivity index (χ4n) is 5.79. The lowest BCUT2D eigenvalue weighted by Crippen LogP contribution is -2.53. The van der Waals surface area contributed by atoms with Crippen LogP contribution in [0.3, 0.4) is 0 Å². The van der Waals surface area contributed by atoms with Crippen LogP contribution >= 0.6 is 15.9 Å². The summed E-state index contributed by atoms with van der Waals surface area (Å²) in [5.41, 5.74) is 4.21. The van der Waals surface area contributed by atoms with Gasteiger partial charge in [-0.1, -0.05) is 40.2 Å². The first-order valence-electron chi connectivity index (χ1n) is 12.1. The molecule has 3 heterocycles. The molecule has 2 unspecified atom stereocenters. The van der Waals surface area contributed by atoms with Gasteiger partial charge < -0.3 is 9.80 Å². The molecule has 2 aromatic rings. The molecule has 0 saturated carbocycles. The summed E-state index contributed by atoms with van der Waals surface area (Å²) in [7, 11) is 0. The monoisotopic (exact) mass is 509 g/mol. The molecule has 5 rings (SSSR count). The Bertz CT molecular complexity index is 1020. The fraction of sp³-hybridized carbons (Fsp3) is 0.481. The Morgan fingerprint density at radius 1 is 0.970 bits per heavy atom. The third-order valence-corrected chi connectivity index (χ3v) is 7.87. The molecule has 0 N–H and O–H groups in total. The smallest absolute Gasteiger partial charge is 0.254 e. The van der Waals surface area contributed by atoms with Crippen molar-refractivity contribution in [3.8, 4) is 0 Å². The zero-order valence-corrected chi connectivity index (χ0v) is 20.9. The molecule has 0 aromatic heterocycles. The van der Waals surface area contributed by atoms with Gasteiger partial charge in [-0.3, -0.25) is 14.5 Å². The number of hydrogen-bond acceptors (Lipinski definition) is 3. The first-order chi connectivity index (χ1) is 15.9. The van der Waals surface area contributed by atoms with Crippen LogP contribution in [0.15, 0.2) is 46.9 Å². The lowest BCUT2D eigenvalue weighted by molar-refractivity contribution is -0.128. The summed E-state index contributed by atoms with van der Waals surface area (Å²) in [4.78, 5) is 32.1. The van der Waals surface area contributed by atoms with Gasteiger partial charge in [0.15, 0.2) is 0 Å². The van der Waals surface area contributed by atoms with E-state index in [0.717, 1.165) is 66.9 Å². The Labute approximate surface area is 204 Å². The maximum Gasteiger partial charge on any atom is 0.254 e. The van der Waals surface area contributed by atoms with E-state index in [9.17, 15) is 9.59 Å². The van der Waals surface area contributed by atoms with Crippen LogP contribution in [-0.4, -0.2) is 59.2 Å². The molecule has 0 spiro atoms. The van der Waals surface area contributed by atoms with E-state index in [0.29, 0.717) is 24.8 Å². The van der Waals surface area contributed by atoms with Gasteiger partial charge in [0.05, 0.1) is 0 Å². The minimum Gasteiger partial charge on any atom is -0.338 e. The maximum absolute atomic E-state index is 13.5. The number of fused-ring (bicyclic) bond motifs is 2. The first-order valence-corrected chi connectivity index (χ1v) is 12.9. The molecular weight excluding hydrogens is 478 g/mol. The van der Waals surface area contributed by atoms with Crippen LogP contribution in [-0.2, 0) is 17.9 Å². The number of nitrogens with zero attached hydrogens (tertiary/aromatic N) is 3. The minimum absolute atomic E-state index is 0.151. The van der Waals surface area contributed by atoms with Crippen LogP contribution in [0.5, 0.6) is 0 Å². The molecule has 3 saturated heterocycles. The van der Waals surface area contributed by atoms with Gasteiger partial charge >= 0.3 is 0 Å². The average molecular weight is 510 g/mol. The van der Waals surface area contributed by atoms with E-state index in [2.05, 4.69) is 56.1 Å². The number of carbonyl (C=O) groups is 2. The van der Waals surface area contributed by atoms with Crippen molar-refractivity contribution in [1.82, 2.24) is 14.7 Å². The minimum atomic E-state index is 0.151. The van der Waals surface area contributed by atoms with Gasteiger partial charge in [-0.25, -0.2) is 0 Å². The zero-order valence-electron chi connectivity index (χ0n) is 19.3. The van der Waals surface area contributed by atoms with E-state index < -0.39 is 0 Å². The molecule has 2 amide bonds. The quantitative estimate of drug-likeness (QED) is 0.596. The highest BCUT2D eigenvalue weighted by atomic mass is 79.9. The summed E-state index contributed by atoms with van der Waals surface area (Å²) < 4.78 is 1.11. The van der Waals surface area contributed by atoms with Crippen LogP contribution in [0.1, 0.15) is 46.3 Å². The van der Waals surface area contributed by atoms with Crippen molar-refractivity contribution in [1.29, 1.82) is 0 Å². The van der Waals surface area contributed by atoms with E-state index in [1.165, 1.54) is 12.0 Å². The summed E-state index contributed by atoms with van der Waals surface area (Å²) in [6, 6.07) is 14.7. The SMILES string of the molecule is Cc1ccc(CN2CCCC2=O)cc1C(=O)N1CC2CC(CN(Cc3ccc(Br)cc3)C2)C1. The predicted octanol–water partition coefficient (Wildman–Crippen LogP) is 4.47. The van der Waals surface area contributed by atoms with Crippen molar-refractivity contribution >= 4 is 27.7 Å². The second-order valence-electron chi connectivity index (χ2n) is 10.1. The molecule has 0 radical (unpaired) electrons. The summed E-state index contributed by atoms with van der Waals surface area (Å²) in [6.45, 7) is 8.19. The first kappa shape index (κ1) is 22.6. The van der Waals surface area contributed by atoms with Crippen LogP contribution in [0.2, 0.25) is 0 Å². The van der Waals surface area contributed by atoms with E-state index >= 15 is 0 Å². The zero-order chi connectivity index (χ0) is 22.9. The number of likely N-dealkylation sites (tertiary alicyclic amines) is 3. The molecule has 174 valence electrons. The van der Waals surface area contributed by atoms with Gasteiger partial charge in [-0.2, -0.15) is 0 Å². The molecule has 2 aromatic carbocycles. The molecule has 3 aliphatic rings. The second kappa shape index (κ2) is 9.59. The number of benzene rings is 2. The maximum atomic E-state index is 13.5. The Balaban J connectivity index is 1.24. The molecule has 33 heavy (non-hydrogen) atoms. The fourth-order valence-corrected chi connectivity index (χ4v) is 6.05. The Morgan fingerprint density at radius 2 is 1.67 bits per heavy atom. The van der Waals surface area contributed by atoms with Crippen molar-refractivity contribution < 1.29 is 9.59 Å². The van der Waals surface area contributed by atoms with E-state index in [4.69, 9.17) is 0 Å². The molecule has 5 nitrogen and oxygen atoms in total. The van der Waals surface area contributed by atoms with E-state index in [1.54, 1.807) is 0 Å². The number of hydrogen-bond donors (Lipinski definition) is 0. The Hall–Kier alpha value is -2.18. The van der Waals surface area contributed by atoms with Crippen molar-refractivity contribution in [3.05, 3.63) is 69.2 Å². The number of aryl methyl sites for hydroxylation is 1. The van der Waals surface area contributed by atoms with Crippen molar-refractivity contribution in [2.24, 2.45) is 11.8 Å². The normalized spacial score (nSPS) is 23.3. The number of amides is 2. The van der Waals surface area contributed by atoms with Crippen molar-refractivity contribution in [3.63, 3.8) is 0 Å². The lowest BCUT2D eigenvalue weighted by Gasteiger charge is -2.46. The van der Waals surface area contributed by atoms with E-state index in [-0.39, 0.29) is 11.8 Å². The van der Waals surface area contributed by atoms with Crippen LogP contribution < -0.4 is 0 Å². The molecule has 0 aliphatic carbocycles. The molecular formula is C27H32BrN3O2. The van der Waals surface area contributed by atoms with Crippen molar-refractivity contribution in [2.75, 3.05) is 32.7 Å². The molecule has 2 bridgehead atoms. The standard InChI is InChI=1S/C27H32BrN3O2/c1-19-4-5-21(16-30-10-2-3-26(30)32)12-25(19)27(33)31-17-22-11-23(18-31)15-29(14-22)13-20-6-8-24(28)9-7-20/h4-9,12,22-23H,2-3,10-11,13-18H2,1H3. The van der Waals surface area contributed by atoms with Crippen LogP contribution in [0.25, 0.3) is 0 Å². The molecule has 3 aliphatic heterocycles. The summed E-state index contributed by atoms with van der Waals surface area (Å²) in [5, 5.41) is 0. The average Bonchev–Trinajstić information content (AvgIpc) is 3.20. The Kier molecular flexibility index (Phi) is 6.57. The second-order valence-corrected chi connectivity index (χ2v) is 11.0. The van der Waals surface area contributed by atoms with Gasteiger partial charge in [0, 0.05) is 62.3 Å². The third kappa shape index (κ3) is 5.17. The topological polar surface area (TPSA) is 43.9 Å². The highest BCUT2D eigenvalue weighted by Gasteiger charge is 2.36. The van der Waals surface area contributed by atoms with Gasteiger partial charge in [-0.15, -0.1) is 0 Å². The Morgan fingerprint density at radius 3 is 2.33 bits per heavy atom. The summed E-state index contributed by atoms with van der Waals surface area (Å²) in [5.74, 6) is 1.43. The molecule has 2 atom stereocenters. The van der Waals surface area contributed by atoms with Gasteiger partial charge in [0.1, 0.15) is 0 Å². The number of rotatable bonds is 5. The molecule has 3 fully saturated rings. The van der Waals surface area contributed by atoms with Gasteiger partial charge in [-0.05, 0) is 66.5 Å². The largest absolute Gasteiger partial charge is 0.338 e. The third-order valence-electron chi connectivity index (χ3n) is 7.34. The van der Waals surface area contributed by atoms with E-state index in [1.807, 2.05) is 24.0 Å². The lowest BCUT2D eigenvalue weighted by atomic mass is 9.84. The van der Waals surface area contributed by atoms with Crippen molar-refractivity contribution in [2.45, 2.75) is 39.3 Å². The predicted molar refractivity (Wildman–Crippen MR) is 133 cm³/mol. The van der Waals surface area contributed by atoms with Gasteiger partial charge in [0.2, 0.25) is 5.91 Å². The highest BCUT2D eigenvalue weighted by Crippen LogP contribution is 2.31. The van der Waals surface area contributed by atoms with Crippen LogP contribution in [0.4, 0.5) is 0 Å². The summed E-state index contributed by atoms with van der Waals surface area (Å²) in [6.07, 6.45) is 2.80. The number of carbonyl (C=O) groups excluding carboxylic acids is 2. The van der Waals surface area contributed by atoms with Gasteiger partial charge in [0.25, 0.3) is 5.91 Å². The highest BCUT2D eigenvalue weighted by molar-refractivity contribution is 9.10. The summed E-state index contributed by atoms with van der Waals surface area (Å²) >= 11 is 3.51. The number of piperidine rings is 2. The van der Waals surface area contributed by atoms with Crippen LogP contribution in [0, 0.1) is 18.8 Å².